The van der Waals surface area contributed by atoms with Gasteiger partial charge in [-0.2, -0.15) is 0 Å². The average Bonchev–Trinajstić information content (AvgIpc) is 3.05. The average molecular weight is 325 g/mol. The molecule has 3 rings (SSSR count). The first-order valence-corrected chi connectivity index (χ1v) is 8.58. The van der Waals surface area contributed by atoms with E-state index in [-0.39, 0.29) is 6.04 Å². The first-order valence-electron chi connectivity index (χ1n) is 8.58. The fourth-order valence-electron chi connectivity index (χ4n) is 3.32. The molecule has 0 spiro atoms. The third kappa shape index (κ3) is 3.64. The third-order valence-corrected chi connectivity index (χ3v) is 5.20. The van der Waals surface area contributed by atoms with Gasteiger partial charge in [-0.15, -0.1) is 0 Å². The van der Waals surface area contributed by atoms with Gasteiger partial charge in [-0.05, 0) is 50.6 Å². The summed E-state index contributed by atoms with van der Waals surface area (Å²) < 4.78 is 0. The summed E-state index contributed by atoms with van der Waals surface area (Å²) in [6.07, 6.45) is 3.43. The Balaban J connectivity index is 1.70. The van der Waals surface area contributed by atoms with Gasteiger partial charge in [-0.3, -0.25) is 10.3 Å². The van der Waals surface area contributed by atoms with Gasteiger partial charge in [-0.1, -0.05) is 18.2 Å². The van der Waals surface area contributed by atoms with Crippen LogP contribution in [0.5, 0.6) is 0 Å². The Bertz CT molecular complexity index is 673. The molecule has 2 N–H and O–H groups in total. The molecule has 2 aromatic rings. The van der Waals surface area contributed by atoms with Crippen molar-refractivity contribution in [2.24, 2.45) is 5.92 Å². The third-order valence-electron chi connectivity index (χ3n) is 5.20. The second-order valence-electron chi connectivity index (χ2n) is 6.86. The molecule has 1 aromatic heterocycles. The summed E-state index contributed by atoms with van der Waals surface area (Å²) in [4.78, 5) is 10.8. The van der Waals surface area contributed by atoms with Crippen LogP contribution < -0.4 is 10.9 Å². The minimum atomic E-state index is 0.272. The van der Waals surface area contributed by atoms with Crippen molar-refractivity contribution in [1.29, 1.82) is 0 Å². The molecule has 1 aromatic carbocycles. The highest BCUT2D eigenvalue weighted by Crippen LogP contribution is 2.28. The largest absolute Gasteiger partial charge is 0.298 e. The molecule has 0 aliphatic carbocycles. The molecule has 1 saturated heterocycles. The van der Waals surface area contributed by atoms with E-state index in [1.807, 2.05) is 12.3 Å². The van der Waals surface area contributed by atoms with Crippen LogP contribution in [0, 0.1) is 19.8 Å². The van der Waals surface area contributed by atoms with Crippen LogP contribution in [-0.2, 0) is 0 Å². The van der Waals surface area contributed by atoms with Gasteiger partial charge >= 0.3 is 0 Å². The molecule has 24 heavy (non-hydrogen) atoms. The first kappa shape index (κ1) is 17.0. The Hall–Kier alpha value is -1.82. The van der Waals surface area contributed by atoms with E-state index in [0.717, 1.165) is 18.8 Å². The SMILES string of the molecule is Cc1ccc(C2NNCC2CN(C)C(C)c2ccncn2)cc1C. The zero-order valence-corrected chi connectivity index (χ0v) is 15.0. The van der Waals surface area contributed by atoms with Gasteiger partial charge in [0.15, 0.2) is 0 Å². The van der Waals surface area contributed by atoms with Crippen LogP contribution in [-0.4, -0.2) is 35.0 Å². The molecule has 3 unspecified atom stereocenters. The van der Waals surface area contributed by atoms with Crippen LogP contribution in [0.1, 0.15) is 41.4 Å². The van der Waals surface area contributed by atoms with Gasteiger partial charge in [0.2, 0.25) is 0 Å². The van der Waals surface area contributed by atoms with E-state index in [1.54, 1.807) is 6.33 Å². The summed E-state index contributed by atoms with van der Waals surface area (Å²) in [5.74, 6) is 0.515. The van der Waals surface area contributed by atoms with Gasteiger partial charge in [0.25, 0.3) is 0 Å². The Morgan fingerprint density at radius 1 is 1.25 bits per heavy atom. The molecular weight excluding hydrogens is 298 g/mol. The molecule has 5 nitrogen and oxygen atoms in total. The Labute approximate surface area is 144 Å². The van der Waals surface area contributed by atoms with Crippen LogP contribution in [0.15, 0.2) is 36.8 Å². The summed E-state index contributed by atoms with van der Waals surface area (Å²) in [6.45, 7) is 8.51. The summed E-state index contributed by atoms with van der Waals surface area (Å²) in [5, 5.41) is 0. The molecule has 0 bridgehead atoms. The number of aryl methyl sites for hydroxylation is 2. The lowest BCUT2D eigenvalue weighted by atomic mass is 9.92. The zero-order valence-electron chi connectivity index (χ0n) is 15.0. The van der Waals surface area contributed by atoms with Crippen molar-refractivity contribution in [3.8, 4) is 0 Å². The number of nitrogens with one attached hydrogen (secondary N) is 2. The summed E-state index contributed by atoms with van der Waals surface area (Å²) in [7, 11) is 2.17. The second-order valence-corrected chi connectivity index (χ2v) is 6.86. The van der Waals surface area contributed by atoms with E-state index in [0.29, 0.717) is 12.0 Å². The molecule has 1 fully saturated rings. The van der Waals surface area contributed by atoms with Crippen molar-refractivity contribution in [3.63, 3.8) is 0 Å². The zero-order chi connectivity index (χ0) is 17.1. The van der Waals surface area contributed by atoms with Crippen LogP contribution in [0.25, 0.3) is 0 Å². The molecule has 0 amide bonds. The molecule has 1 aliphatic heterocycles. The number of aromatic nitrogens is 2. The number of nitrogens with zero attached hydrogens (tertiary/aromatic N) is 3. The highest BCUT2D eigenvalue weighted by molar-refractivity contribution is 5.32. The van der Waals surface area contributed by atoms with Gasteiger partial charge < -0.3 is 0 Å². The number of rotatable bonds is 5. The van der Waals surface area contributed by atoms with Crippen LogP contribution >= 0.6 is 0 Å². The number of benzene rings is 1. The maximum absolute atomic E-state index is 4.39. The predicted molar refractivity (Wildman–Crippen MR) is 96.4 cm³/mol. The molecule has 5 heteroatoms. The quantitative estimate of drug-likeness (QED) is 0.885. The van der Waals surface area contributed by atoms with E-state index < -0.39 is 0 Å². The monoisotopic (exact) mass is 325 g/mol. The van der Waals surface area contributed by atoms with E-state index in [1.165, 1.54) is 16.7 Å². The van der Waals surface area contributed by atoms with Crippen molar-refractivity contribution >= 4 is 0 Å². The Morgan fingerprint density at radius 3 is 2.79 bits per heavy atom. The molecular formula is C19H27N5. The predicted octanol–water partition coefficient (Wildman–Crippen LogP) is 2.55. The minimum Gasteiger partial charge on any atom is -0.298 e. The van der Waals surface area contributed by atoms with Crippen molar-refractivity contribution in [3.05, 3.63) is 59.2 Å². The number of hydrogen-bond acceptors (Lipinski definition) is 5. The lowest BCUT2D eigenvalue weighted by molar-refractivity contribution is 0.212. The van der Waals surface area contributed by atoms with Gasteiger partial charge in [-0.25, -0.2) is 15.4 Å². The maximum atomic E-state index is 4.39. The lowest BCUT2D eigenvalue weighted by Crippen LogP contribution is -2.32. The molecule has 1 aliphatic rings. The second kappa shape index (κ2) is 7.38. The van der Waals surface area contributed by atoms with E-state index in [2.05, 4.69) is 71.7 Å². The summed E-state index contributed by atoms with van der Waals surface area (Å²) in [5.41, 5.74) is 11.9. The molecule has 128 valence electrons. The topological polar surface area (TPSA) is 53.1 Å². The fourth-order valence-corrected chi connectivity index (χ4v) is 3.32. The van der Waals surface area contributed by atoms with E-state index >= 15 is 0 Å². The standard InChI is InChI=1S/C19H27N5/c1-13-5-6-16(9-14(13)2)19-17(10-22-23-19)11-24(4)15(3)18-7-8-20-12-21-18/h5-9,12,15,17,19,22-23H,10-11H2,1-4H3. The molecule has 0 radical (unpaired) electrons. The van der Waals surface area contributed by atoms with Gasteiger partial charge in [0, 0.05) is 31.2 Å². The minimum absolute atomic E-state index is 0.272. The van der Waals surface area contributed by atoms with Crippen molar-refractivity contribution < 1.29 is 0 Å². The highest BCUT2D eigenvalue weighted by Gasteiger charge is 2.30. The summed E-state index contributed by atoms with van der Waals surface area (Å²) in [6, 6.07) is 9.37. The van der Waals surface area contributed by atoms with Crippen LogP contribution in [0.2, 0.25) is 0 Å². The maximum Gasteiger partial charge on any atom is 0.115 e. The summed E-state index contributed by atoms with van der Waals surface area (Å²) >= 11 is 0. The normalized spacial score (nSPS) is 22.0. The Kier molecular flexibility index (Phi) is 5.23. The van der Waals surface area contributed by atoms with Gasteiger partial charge in [0.1, 0.15) is 6.33 Å². The van der Waals surface area contributed by atoms with Gasteiger partial charge in [0.05, 0.1) is 11.7 Å². The molecule has 3 atom stereocenters. The fraction of sp³-hybridized carbons (Fsp3) is 0.474. The first-order chi connectivity index (χ1) is 11.6. The van der Waals surface area contributed by atoms with Crippen LogP contribution in [0.3, 0.4) is 0 Å². The number of hydrazine groups is 1. The van der Waals surface area contributed by atoms with E-state index in [9.17, 15) is 0 Å². The number of hydrogen-bond donors (Lipinski definition) is 2. The van der Waals surface area contributed by atoms with Crippen molar-refractivity contribution in [2.75, 3.05) is 20.1 Å². The lowest BCUT2D eigenvalue weighted by Gasteiger charge is -2.29. The smallest absolute Gasteiger partial charge is 0.115 e. The van der Waals surface area contributed by atoms with Crippen molar-refractivity contribution in [1.82, 2.24) is 25.7 Å². The Morgan fingerprint density at radius 2 is 2.08 bits per heavy atom. The van der Waals surface area contributed by atoms with E-state index in [4.69, 9.17) is 0 Å². The molecule has 2 heterocycles. The van der Waals surface area contributed by atoms with Crippen molar-refractivity contribution in [2.45, 2.75) is 32.9 Å². The highest BCUT2D eigenvalue weighted by atomic mass is 15.4. The van der Waals surface area contributed by atoms with Crippen LogP contribution in [0.4, 0.5) is 0 Å². The molecule has 0 saturated carbocycles.